The van der Waals surface area contributed by atoms with E-state index < -0.39 is 0 Å². The summed E-state index contributed by atoms with van der Waals surface area (Å²) < 4.78 is 2.05. The van der Waals surface area contributed by atoms with Crippen molar-refractivity contribution in [2.45, 2.75) is 12.8 Å². The Kier molecular flexibility index (Phi) is 2.04. The lowest BCUT2D eigenvalue weighted by Crippen LogP contribution is -1.91. The van der Waals surface area contributed by atoms with Crippen LogP contribution in [0, 0.1) is 0 Å². The van der Waals surface area contributed by atoms with Gasteiger partial charge in [-0.3, -0.25) is 4.79 Å². The van der Waals surface area contributed by atoms with Gasteiger partial charge in [0.15, 0.2) is 5.78 Å². The van der Waals surface area contributed by atoms with Crippen LogP contribution in [0.3, 0.4) is 0 Å². The fourth-order valence-corrected chi connectivity index (χ4v) is 3.15. The van der Waals surface area contributed by atoms with Gasteiger partial charge in [0.1, 0.15) is 0 Å². The van der Waals surface area contributed by atoms with Crippen LogP contribution >= 0.6 is 31.9 Å². The molecule has 15 heavy (non-hydrogen) atoms. The van der Waals surface area contributed by atoms with Crippen molar-refractivity contribution in [2.75, 3.05) is 0 Å². The Morgan fingerprint density at radius 3 is 2.67 bits per heavy atom. The fourth-order valence-electron chi connectivity index (χ4n) is 2.15. The van der Waals surface area contributed by atoms with Crippen LogP contribution in [-0.4, -0.2) is 10.8 Å². The minimum atomic E-state index is 0.222. The van der Waals surface area contributed by atoms with E-state index in [1.165, 1.54) is 0 Å². The summed E-state index contributed by atoms with van der Waals surface area (Å²) in [7, 11) is 0. The van der Waals surface area contributed by atoms with Crippen LogP contribution in [0.25, 0.3) is 10.9 Å². The lowest BCUT2D eigenvalue weighted by atomic mass is 10.1. The Labute approximate surface area is 103 Å². The zero-order valence-corrected chi connectivity index (χ0v) is 10.9. The molecule has 0 saturated heterocycles. The number of benzene rings is 1. The molecule has 2 nitrogen and oxygen atoms in total. The molecule has 1 aromatic carbocycles. The van der Waals surface area contributed by atoms with Gasteiger partial charge in [-0.25, -0.2) is 0 Å². The van der Waals surface area contributed by atoms with Crippen molar-refractivity contribution in [3.63, 3.8) is 0 Å². The second-order valence-electron chi connectivity index (χ2n) is 3.68. The van der Waals surface area contributed by atoms with Crippen LogP contribution in [0.15, 0.2) is 21.1 Å². The molecule has 1 heterocycles. The largest absolute Gasteiger partial charge is 0.351 e. The number of fused-ring (bicyclic) bond motifs is 3. The monoisotopic (exact) mass is 327 g/mol. The highest BCUT2D eigenvalue weighted by atomic mass is 79.9. The summed E-state index contributed by atoms with van der Waals surface area (Å²) in [5, 5.41) is 1.14. The van der Waals surface area contributed by atoms with Crippen molar-refractivity contribution >= 4 is 48.5 Å². The van der Waals surface area contributed by atoms with Gasteiger partial charge < -0.3 is 4.98 Å². The maximum absolute atomic E-state index is 11.6. The molecule has 0 radical (unpaired) electrons. The first-order valence-electron chi connectivity index (χ1n) is 4.70. The molecule has 0 amide bonds. The molecule has 76 valence electrons. The van der Waals surface area contributed by atoms with Crippen LogP contribution in [-0.2, 0) is 6.42 Å². The molecule has 4 heteroatoms. The van der Waals surface area contributed by atoms with Gasteiger partial charge in [-0.05, 0) is 40.0 Å². The second-order valence-corrected chi connectivity index (χ2v) is 5.39. The van der Waals surface area contributed by atoms with Gasteiger partial charge in [0.25, 0.3) is 0 Å². The SMILES string of the molecule is O=C1CCc2c1[nH]c1c(Br)ccc(Br)c21. The highest BCUT2D eigenvalue weighted by Gasteiger charge is 2.25. The molecule has 1 N–H and O–H groups in total. The first-order chi connectivity index (χ1) is 7.18. The third-order valence-electron chi connectivity index (χ3n) is 2.84. The van der Waals surface area contributed by atoms with Crippen molar-refractivity contribution in [1.29, 1.82) is 0 Å². The topological polar surface area (TPSA) is 32.9 Å². The number of H-pyrrole nitrogens is 1. The van der Waals surface area contributed by atoms with Crippen molar-refractivity contribution < 1.29 is 4.79 Å². The van der Waals surface area contributed by atoms with Gasteiger partial charge in [0.2, 0.25) is 0 Å². The van der Waals surface area contributed by atoms with Crippen LogP contribution in [0.4, 0.5) is 0 Å². The van der Waals surface area contributed by atoms with Gasteiger partial charge in [-0.2, -0.15) is 0 Å². The van der Waals surface area contributed by atoms with Crippen LogP contribution < -0.4 is 0 Å². The first kappa shape index (κ1) is 9.60. The van der Waals surface area contributed by atoms with Crippen LogP contribution in [0.1, 0.15) is 22.5 Å². The number of carbonyl (C=O) groups excluding carboxylic acids is 1. The predicted octanol–water partition coefficient (Wildman–Crippen LogP) is 3.82. The zero-order valence-electron chi connectivity index (χ0n) is 7.73. The molecule has 1 aliphatic rings. The van der Waals surface area contributed by atoms with E-state index in [4.69, 9.17) is 0 Å². The fraction of sp³-hybridized carbons (Fsp3) is 0.182. The molecule has 1 aromatic heterocycles. The van der Waals surface area contributed by atoms with E-state index in [-0.39, 0.29) is 5.78 Å². The predicted molar refractivity (Wildman–Crippen MR) is 66.4 cm³/mol. The molecule has 3 rings (SSSR count). The van der Waals surface area contributed by atoms with Gasteiger partial charge in [0.05, 0.1) is 11.2 Å². The van der Waals surface area contributed by atoms with Gasteiger partial charge in [-0.1, -0.05) is 15.9 Å². The number of nitrogens with one attached hydrogen (secondary N) is 1. The quantitative estimate of drug-likeness (QED) is 0.783. The standard InChI is InChI=1S/C11H7Br2NO/c12-6-2-3-7(13)11-9(6)5-1-4-8(15)10(5)14-11/h2-3,14H,1,4H2. The number of Topliss-reactive ketones (excluding diaryl/α,β-unsaturated/α-hetero) is 1. The van der Waals surface area contributed by atoms with Crippen molar-refractivity contribution in [2.24, 2.45) is 0 Å². The van der Waals surface area contributed by atoms with E-state index in [0.29, 0.717) is 6.42 Å². The Balaban J connectivity index is 2.49. The number of hydrogen-bond donors (Lipinski definition) is 1. The molecule has 0 spiro atoms. The highest BCUT2D eigenvalue weighted by Crippen LogP contribution is 2.37. The summed E-state index contributed by atoms with van der Waals surface area (Å²) in [6.45, 7) is 0. The molecular weight excluding hydrogens is 322 g/mol. The summed E-state index contributed by atoms with van der Waals surface area (Å²) in [4.78, 5) is 14.8. The van der Waals surface area contributed by atoms with E-state index in [9.17, 15) is 4.79 Å². The lowest BCUT2D eigenvalue weighted by Gasteiger charge is -1.99. The van der Waals surface area contributed by atoms with E-state index in [2.05, 4.69) is 36.8 Å². The molecule has 0 aliphatic heterocycles. The molecule has 1 aliphatic carbocycles. The van der Waals surface area contributed by atoms with E-state index in [1.807, 2.05) is 12.1 Å². The average Bonchev–Trinajstić information content (AvgIpc) is 2.74. The number of rotatable bonds is 0. The number of ketones is 1. The third-order valence-corrected chi connectivity index (χ3v) is 4.16. The zero-order chi connectivity index (χ0) is 10.6. The van der Waals surface area contributed by atoms with Crippen molar-refractivity contribution in [3.8, 4) is 0 Å². The molecule has 0 saturated carbocycles. The molecule has 0 unspecified atom stereocenters. The molecule has 2 aromatic rings. The summed E-state index contributed by atoms with van der Waals surface area (Å²) in [5.41, 5.74) is 2.96. The second kappa shape index (κ2) is 3.19. The number of aromatic amines is 1. The van der Waals surface area contributed by atoms with Crippen molar-refractivity contribution in [3.05, 3.63) is 32.3 Å². The Bertz CT molecular complexity index is 586. The Morgan fingerprint density at radius 2 is 1.87 bits per heavy atom. The number of carbonyl (C=O) groups is 1. The number of hydrogen-bond acceptors (Lipinski definition) is 1. The maximum Gasteiger partial charge on any atom is 0.179 e. The smallest absolute Gasteiger partial charge is 0.179 e. The van der Waals surface area contributed by atoms with Gasteiger partial charge >= 0.3 is 0 Å². The summed E-state index contributed by atoms with van der Waals surface area (Å²) in [6.07, 6.45) is 1.49. The minimum Gasteiger partial charge on any atom is -0.351 e. The maximum atomic E-state index is 11.6. The average molecular weight is 329 g/mol. The first-order valence-corrected chi connectivity index (χ1v) is 6.29. The Morgan fingerprint density at radius 1 is 1.13 bits per heavy atom. The van der Waals surface area contributed by atoms with E-state index in [1.54, 1.807) is 0 Å². The molecule has 0 atom stereocenters. The van der Waals surface area contributed by atoms with Gasteiger partial charge in [-0.15, -0.1) is 0 Å². The third kappa shape index (κ3) is 1.24. The summed E-state index contributed by atoms with van der Waals surface area (Å²) in [6, 6.07) is 3.98. The number of aryl methyl sites for hydroxylation is 1. The number of aromatic nitrogens is 1. The lowest BCUT2D eigenvalue weighted by molar-refractivity contribution is 0.0991. The van der Waals surface area contributed by atoms with Gasteiger partial charge in [0, 0.05) is 20.8 Å². The molecule has 0 bridgehead atoms. The molecular formula is C11H7Br2NO. The minimum absolute atomic E-state index is 0.222. The number of halogens is 2. The molecule has 0 fully saturated rings. The van der Waals surface area contributed by atoms with E-state index >= 15 is 0 Å². The van der Waals surface area contributed by atoms with Crippen LogP contribution in [0.5, 0.6) is 0 Å². The Hall–Kier alpha value is -0.610. The van der Waals surface area contributed by atoms with Crippen molar-refractivity contribution in [1.82, 2.24) is 4.98 Å². The highest BCUT2D eigenvalue weighted by molar-refractivity contribution is 9.11. The normalized spacial score (nSPS) is 14.9. The summed E-state index contributed by atoms with van der Waals surface area (Å²) in [5.74, 6) is 0.222. The summed E-state index contributed by atoms with van der Waals surface area (Å²) >= 11 is 7.02. The van der Waals surface area contributed by atoms with Crippen LogP contribution in [0.2, 0.25) is 0 Å². The van der Waals surface area contributed by atoms with E-state index in [0.717, 1.165) is 37.5 Å².